The third-order valence-electron chi connectivity index (χ3n) is 5.21. The number of rotatable bonds is 1. The summed E-state index contributed by atoms with van der Waals surface area (Å²) in [5, 5.41) is 20.0. The van der Waals surface area contributed by atoms with Crippen LogP contribution in [-0.2, 0) is 21.6 Å². The molecular formula is C18H18O5. The van der Waals surface area contributed by atoms with E-state index in [0.717, 1.165) is 17.5 Å². The minimum Gasteiger partial charge on any atom is -0.492 e. The van der Waals surface area contributed by atoms with Gasteiger partial charge in [-0.15, -0.1) is 0 Å². The molecule has 4 rings (SSSR count). The number of carbonyl (C=O) groups excluding carboxylic acids is 2. The molecule has 0 spiro atoms. The maximum atomic E-state index is 12.7. The van der Waals surface area contributed by atoms with Gasteiger partial charge in [0.1, 0.15) is 5.76 Å². The molecule has 1 heterocycles. The number of hydrogen-bond acceptors (Lipinski definition) is 5. The number of benzene rings is 1. The summed E-state index contributed by atoms with van der Waals surface area (Å²) in [6.45, 7) is 1.74. The molecule has 2 aliphatic carbocycles. The number of Topliss-reactive ketones (excluding diaryl/α,β-unsaturated/α-hetero) is 2. The maximum Gasteiger partial charge on any atom is 0.234 e. The Labute approximate surface area is 133 Å². The molecule has 120 valence electrons. The molecule has 0 saturated carbocycles. The van der Waals surface area contributed by atoms with E-state index in [9.17, 15) is 19.8 Å². The Balaban J connectivity index is 1.98. The third kappa shape index (κ3) is 1.87. The van der Waals surface area contributed by atoms with E-state index >= 15 is 0 Å². The van der Waals surface area contributed by atoms with E-state index < -0.39 is 23.1 Å². The fourth-order valence-corrected chi connectivity index (χ4v) is 4.03. The topological polar surface area (TPSA) is 83.8 Å². The molecule has 0 fully saturated rings. The van der Waals surface area contributed by atoms with Crippen LogP contribution < -0.4 is 0 Å². The Morgan fingerprint density at radius 3 is 2.83 bits per heavy atom. The smallest absolute Gasteiger partial charge is 0.234 e. The first-order valence-electron chi connectivity index (χ1n) is 7.91. The second-order valence-corrected chi connectivity index (χ2v) is 6.73. The van der Waals surface area contributed by atoms with Crippen molar-refractivity contribution in [3.63, 3.8) is 0 Å². The van der Waals surface area contributed by atoms with Gasteiger partial charge in [-0.25, -0.2) is 0 Å². The highest BCUT2D eigenvalue weighted by Gasteiger charge is 2.44. The van der Waals surface area contributed by atoms with Gasteiger partial charge in [-0.3, -0.25) is 9.59 Å². The van der Waals surface area contributed by atoms with Gasteiger partial charge in [-0.05, 0) is 37.3 Å². The summed E-state index contributed by atoms with van der Waals surface area (Å²) in [6, 6.07) is 3.59. The first-order chi connectivity index (χ1) is 11.0. The van der Waals surface area contributed by atoms with E-state index in [1.165, 1.54) is 0 Å². The molecule has 5 heteroatoms. The van der Waals surface area contributed by atoms with Crippen LogP contribution in [0.3, 0.4) is 0 Å². The molecule has 2 N–H and O–H groups in total. The molecule has 2 atom stereocenters. The molecule has 0 saturated heterocycles. The summed E-state index contributed by atoms with van der Waals surface area (Å²) in [4.78, 5) is 25.2. The van der Waals surface area contributed by atoms with Crippen LogP contribution in [0.15, 0.2) is 17.7 Å². The third-order valence-corrected chi connectivity index (χ3v) is 5.21. The number of ether oxygens (including phenoxy) is 1. The highest BCUT2D eigenvalue weighted by molar-refractivity contribution is 6.52. The van der Waals surface area contributed by atoms with Crippen molar-refractivity contribution in [1.82, 2.24) is 0 Å². The van der Waals surface area contributed by atoms with Gasteiger partial charge >= 0.3 is 0 Å². The van der Waals surface area contributed by atoms with E-state index in [2.05, 4.69) is 0 Å². The standard InChI is InChI=1S/C18H18O5/c1-18(22)6-2-3-10-12(18)5-4-11-14(10)16(21)15(20)13-9(7-19)8-23-17(11)13/h4-5,9,19,22H,2-3,6-8H2,1H3/t9-,18-/m0/s1. The molecule has 0 aromatic heterocycles. The number of aliphatic hydroxyl groups is 2. The van der Waals surface area contributed by atoms with Crippen LogP contribution in [-0.4, -0.2) is 35.0 Å². The van der Waals surface area contributed by atoms with Gasteiger partial charge in [-0.2, -0.15) is 0 Å². The molecule has 3 aliphatic rings. The van der Waals surface area contributed by atoms with E-state index in [1.54, 1.807) is 13.0 Å². The zero-order valence-corrected chi connectivity index (χ0v) is 12.9. The summed E-state index contributed by atoms with van der Waals surface area (Å²) < 4.78 is 5.63. The normalized spacial score (nSPS) is 29.1. The van der Waals surface area contributed by atoms with Crippen molar-refractivity contribution >= 4 is 17.3 Å². The van der Waals surface area contributed by atoms with Crippen LogP contribution in [0.5, 0.6) is 0 Å². The van der Waals surface area contributed by atoms with Crippen molar-refractivity contribution in [3.05, 3.63) is 40.0 Å². The summed E-state index contributed by atoms with van der Waals surface area (Å²) in [6.07, 6.45) is 2.07. The molecule has 5 nitrogen and oxygen atoms in total. The minimum atomic E-state index is -0.981. The lowest BCUT2D eigenvalue weighted by Gasteiger charge is -2.33. The fourth-order valence-electron chi connectivity index (χ4n) is 4.03. The summed E-state index contributed by atoms with van der Waals surface area (Å²) in [5.41, 5.74) is 1.81. The lowest BCUT2D eigenvalue weighted by atomic mass is 9.73. The highest BCUT2D eigenvalue weighted by atomic mass is 16.5. The van der Waals surface area contributed by atoms with Crippen LogP contribution in [0.1, 0.15) is 46.8 Å². The van der Waals surface area contributed by atoms with Crippen LogP contribution in [0, 0.1) is 5.92 Å². The number of fused-ring (bicyclic) bond motifs is 4. The average Bonchev–Trinajstić information content (AvgIpc) is 2.95. The Morgan fingerprint density at radius 1 is 1.30 bits per heavy atom. The van der Waals surface area contributed by atoms with Crippen molar-refractivity contribution in [3.8, 4) is 0 Å². The molecule has 1 aromatic rings. The summed E-state index contributed by atoms with van der Waals surface area (Å²) in [7, 11) is 0. The van der Waals surface area contributed by atoms with Gasteiger partial charge in [0.05, 0.1) is 24.4 Å². The minimum absolute atomic E-state index is 0.215. The monoisotopic (exact) mass is 314 g/mol. The van der Waals surface area contributed by atoms with Crippen LogP contribution >= 0.6 is 0 Å². The van der Waals surface area contributed by atoms with Gasteiger partial charge in [0.15, 0.2) is 0 Å². The molecule has 1 aromatic carbocycles. The zero-order chi connectivity index (χ0) is 16.4. The lowest BCUT2D eigenvalue weighted by Crippen LogP contribution is -2.32. The largest absolute Gasteiger partial charge is 0.492 e. The van der Waals surface area contributed by atoms with Crippen molar-refractivity contribution in [2.24, 2.45) is 5.92 Å². The van der Waals surface area contributed by atoms with Crippen molar-refractivity contribution in [2.45, 2.75) is 31.8 Å². The molecular weight excluding hydrogens is 296 g/mol. The average molecular weight is 314 g/mol. The first kappa shape index (κ1) is 14.6. The fraction of sp³-hybridized carbons (Fsp3) is 0.444. The first-order valence-corrected chi connectivity index (χ1v) is 7.91. The SMILES string of the molecule is C[C@]1(O)CCCc2c1ccc1c2C(=O)C(=O)C2=C1OC[C@@H]2CO. The summed E-state index contributed by atoms with van der Waals surface area (Å²) >= 11 is 0. The van der Waals surface area contributed by atoms with E-state index in [4.69, 9.17) is 4.74 Å². The van der Waals surface area contributed by atoms with E-state index in [1.807, 2.05) is 6.07 Å². The molecule has 0 amide bonds. The van der Waals surface area contributed by atoms with Crippen molar-refractivity contribution in [1.29, 1.82) is 0 Å². The number of carbonyl (C=O) groups is 2. The van der Waals surface area contributed by atoms with Crippen LogP contribution in [0.25, 0.3) is 5.76 Å². The number of aliphatic hydroxyl groups excluding tert-OH is 1. The zero-order valence-electron chi connectivity index (χ0n) is 12.9. The highest BCUT2D eigenvalue weighted by Crippen LogP contribution is 2.44. The molecule has 0 bridgehead atoms. The van der Waals surface area contributed by atoms with Crippen molar-refractivity contribution in [2.75, 3.05) is 13.2 Å². The predicted molar refractivity (Wildman–Crippen MR) is 81.7 cm³/mol. The second-order valence-electron chi connectivity index (χ2n) is 6.73. The quantitative estimate of drug-likeness (QED) is 0.764. The van der Waals surface area contributed by atoms with Gasteiger partial charge < -0.3 is 14.9 Å². The van der Waals surface area contributed by atoms with E-state index in [0.29, 0.717) is 35.3 Å². The second kappa shape index (κ2) is 4.76. The number of ketones is 2. The van der Waals surface area contributed by atoms with Crippen molar-refractivity contribution < 1.29 is 24.5 Å². The van der Waals surface area contributed by atoms with Gasteiger partial charge in [0.2, 0.25) is 11.6 Å². The molecule has 0 radical (unpaired) electrons. The molecule has 1 aliphatic heterocycles. The molecule has 23 heavy (non-hydrogen) atoms. The summed E-state index contributed by atoms with van der Waals surface area (Å²) in [5.74, 6) is -1.13. The van der Waals surface area contributed by atoms with E-state index in [-0.39, 0.29) is 13.2 Å². The van der Waals surface area contributed by atoms with Gasteiger partial charge in [0, 0.05) is 17.0 Å². The van der Waals surface area contributed by atoms with Crippen LogP contribution in [0.4, 0.5) is 0 Å². The van der Waals surface area contributed by atoms with Crippen LogP contribution in [0.2, 0.25) is 0 Å². The Morgan fingerprint density at radius 2 is 2.09 bits per heavy atom. The molecule has 0 unspecified atom stereocenters. The Kier molecular flexibility index (Phi) is 3.02. The maximum absolute atomic E-state index is 12.7. The van der Waals surface area contributed by atoms with Gasteiger partial charge in [-0.1, -0.05) is 12.1 Å². The van der Waals surface area contributed by atoms with Gasteiger partial charge in [0.25, 0.3) is 0 Å². The lowest BCUT2D eigenvalue weighted by molar-refractivity contribution is -0.112. The Hall–Kier alpha value is -1.98. The number of hydrogen-bond donors (Lipinski definition) is 2. The predicted octanol–water partition coefficient (Wildman–Crippen LogP) is 1.35. The Bertz CT molecular complexity index is 772.